The highest BCUT2D eigenvalue weighted by atomic mass is 32.2. The van der Waals surface area contributed by atoms with Crippen molar-refractivity contribution in [2.24, 2.45) is 0 Å². The van der Waals surface area contributed by atoms with Gasteiger partial charge in [-0.2, -0.15) is 0 Å². The Morgan fingerprint density at radius 1 is 1.29 bits per heavy atom. The standard InChI is InChI=1S/C15H18N2O3S/c1-15(14(19)17-7-9-20-10-8-17)13(18)16(2)11-5-3-4-6-12(11)21-15/h3-6H,7-10H2,1-2H3/t15-/m1/s1. The third kappa shape index (κ3) is 2.32. The number of anilines is 1. The summed E-state index contributed by atoms with van der Waals surface area (Å²) in [6.07, 6.45) is 0. The number of amides is 2. The van der Waals surface area contributed by atoms with Crippen LogP contribution in [0.2, 0.25) is 0 Å². The zero-order valence-corrected chi connectivity index (χ0v) is 13.0. The predicted molar refractivity (Wildman–Crippen MR) is 81.5 cm³/mol. The summed E-state index contributed by atoms with van der Waals surface area (Å²) in [4.78, 5) is 29.8. The second-order valence-corrected chi connectivity index (χ2v) is 6.83. The molecule has 1 fully saturated rings. The first-order chi connectivity index (χ1) is 10.0. The Labute approximate surface area is 128 Å². The van der Waals surface area contributed by atoms with E-state index in [1.807, 2.05) is 24.3 Å². The number of thioether (sulfide) groups is 1. The fourth-order valence-electron chi connectivity index (χ4n) is 2.72. The van der Waals surface area contributed by atoms with E-state index in [0.29, 0.717) is 26.3 Å². The molecule has 0 aliphatic carbocycles. The third-order valence-electron chi connectivity index (χ3n) is 3.96. The normalized spacial score (nSPS) is 25.7. The van der Waals surface area contributed by atoms with Gasteiger partial charge < -0.3 is 14.5 Å². The largest absolute Gasteiger partial charge is 0.378 e. The van der Waals surface area contributed by atoms with Crippen LogP contribution in [0.5, 0.6) is 0 Å². The minimum absolute atomic E-state index is 0.123. The average molecular weight is 306 g/mol. The fraction of sp³-hybridized carbons (Fsp3) is 0.467. The third-order valence-corrected chi connectivity index (χ3v) is 5.28. The number of carbonyl (C=O) groups excluding carboxylic acids is 2. The van der Waals surface area contributed by atoms with Crippen molar-refractivity contribution in [3.63, 3.8) is 0 Å². The van der Waals surface area contributed by atoms with Crippen LogP contribution in [0.4, 0.5) is 5.69 Å². The molecule has 112 valence electrons. The number of ether oxygens (including phenoxy) is 1. The molecule has 0 unspecified atom stereocenters. The van der Waals surface area contributed by atoms with Crippen molar-refractivity contribution in [1.29, 1.82) is 0 Å². The summed E-state index contributed by atoms with van der Waals surface area (Å²) in [6.45, 7) is 3.89. The molecule has 0 bridgehead atoms. The Morgan fingerprint density at radius 2 is 1.95 bits per heavy atom. The van der Waals surface area contributed by atoms with E-state index < -0.39 is 4.75 Å². The van der Waals surface area contributed by atoms with Crippen LogP contribution >= 0.6 is 11.8 Å². The molecule has 1 atom stereocenters. The minimum atomic E-state index is -1.10. The second kappa shape index (κ2) is 5.35. The maximum absolute atomic E-state index is 12.8. The van der Waals surface area contributed by atoms with Crippen molar-refractivity contribution >= 4 is 29.3 Å². The van der Waals surface area contributed by atoms with Crippen LogP contribution in [0.1, 0.15) is 6.92 Å². The van der Waals surface area contributed by atoms with Crippen molar-refractivity contribution in [3.8, 4) is 0 Å². The van der Waals surface area contributed by atoms with Crippen LogP contribution in [0.25, 0.3) is 0 Å². The van der Waals surface area contributed by atoms with Crippen molar-refractivity contribution in [3.05, 3.63) is 24.3 Å². The molecule has 0 radical (unpaired) electrons. The zero-order valence-electron chi connectivity index (χ0n) is 12.2. The fourth-order valence-corrected chi connectivity index (χ4v) is 4.05. The molecule has 0 N–H and O–H groups in total. The predicted octanol–water partition coefficient (Wildman–Crippen LogP) is 1.37. The molecule has 0 spiro atoms. The van der Waals surface area contributed by atoms with Crippen LogP contribution in [0, 0.1) is 0 Å². The van der Waals surface area contributed by atoms with E-state index in [9.17, 15) is 9.59 Å². The lowest BCUT2D eigenvalue weighted by molar-refractivity contribution is -0.141. The number of rotatable bonds is 1. The summed E-state index contributed by atoms with van der Waals surface area (Å²) in [6, 6.07) is 7.68. The highest BCUT2D eigenvalue weighted by Gasteiger charge is 2.50. The first-order valence-corrected chi connectivity index (χ1v) is 7.79. The number of para-hydroxylation sites is 1. The van der Waals surface area contributed by atoms with Crippen molar-refractivity contribution in [1.82, 2.24) is 4.90 Å². The van der Waals surface area contributed by atoms with Gasteiger partial charge in [-0.05, 0) is 19.1 Å². The highest BCUT2D eigenvalue weighted by molar-refractivity contribution is 8.02. The van der Waals surface area contributed by atoms with Crippen LogP contribution in [-0.2, 0) is 14.3 Å². The molecule has 2 aliphatic heterocycles. The van der Waals surface area contributed by atoms with Gasteiger partial charge in [-0.3, -0.25) is 9.59 Å². The average Bonchev–Trinajstić information content (AvgIpc) is 2.53. The number of hydrogen-bond acceptors (Lipinski definition) is 4. The van der Waals surface area contributed by atoms with Crippen molar-refractivity contribution < 1.29 is 14.3 Å². The summed E-state index contributed by atoms with van der Waals surface area (Å²) in [5.74, 6) is -0.287. The number of carbonyl (C=O) groups is 2. The quantitative estimate of drug-likeness (QED) is 0.735. The van der Waals surface area contributed by atoms with Crippen LogP contribution in [0.15, 0.2) is 29.2 Å². The molecule has 5 nitrogen and oxygen atoms in total. The van der Waals surface area contributed by atoms with E-state index in [1.54, 1.807) is 23.8 Å². The number of benzene rings is 1. The lowest BCUT2D eigenvalue weighted by atomic mass is 10.1. The lowest BCUT2D eigenvalue weighted by Gasteiger charge is -2.40. The monoisotopic (exact) mass is 306 g/mol. The van der Waals surface area contributed by atoms with E-state index in [2.05, 4.69) is 0 Å². The van der Waals surface area contributed by atoms with Gasteiger partial charge in [-0.15, -0.1) is 0 Å². The van der Waals surface area contributed by atoms with Gasteiger partial charge in [-0.25, -0.2) is 0 Å². The van der Waals surface area contributed by atoms with Gasteiger partial charge in [0.05, 0.1) is 18.9 Å². The van der Waals surface area contributed by atoms with Gasteiger partial charge in [0.15, 0.2) is 4.75 Å². The molecule has 1 saturated heterocycles. The van der Waals surface area contributed by atoms with Crippen molar-refractivity contribution in [2.45, 2.75) is 16.6 Å². The molecule has 2 amide bonds. The topological polar surface area (TPSA) is 49.9 Å². The second-order valence-electron chi connectivity index (χ2n) is 5.37. The first kappa shape index (κ1) is 14.4. The SMILES string of the molecule is CN1C(=O)[C@](C)(C(=O)N2CCOCC2)Sc2ccccc21. The number of fused-ring (bicyclic) bond motifs is 1. The summed E-state index contributed by atoms with van der Waals surface area (Å²) in [5, 5.41) is 0. The Morgan fingerprint density at radius 3 is 2.67 bits per heavy atom. The highest BCUT2D eigenvalue weighted by Crippen LogP contribution is 2.45. The van der Waals surface area contributed by atoms with E-state index in [-0.39, 0.29) is 11.8 Å². The van der Waals surface area contributed by atoms with Gasteiger partial charge in [0, 0.05) is 25.0 Å². The Kier molecular flexibility index (Phi) is 3.67. The molecule has 6 heteroatoms. The summed E-state index contributed by atoms with van der Waals surface area (Å²) < 4.78 is 4.18. The minimum Gasteiger partial charge on any atom is -0.378 e. The lowest BCUT2D eigenvalue weighted by Crippen LogP contribution is -2.58. The van der Waals surface area contributed by atoms with Gasteiger partial charge >= 0.3 is 0 Å². The summed E-state index contributed by atoms with van der Waals surface area (Å²) in [7, 11) is 1.73. The Balaban J connectivity index is 1.94. The van der Waals surface area contributed by atoms with Gasteiger partial charge in [0.2, 0.25) is 5.91 Å². The Hall–Kier alpha value is -1.53. The van der Waals surface area contributed by atoms with Gasteiger partial charge in [0.25, 0.3) is 5.91 Å². The summed E-state index contributed by atoms with van der Waals surface area (Å²) >= 11 is 1.35. The van der Waals surface area contributed by atoms with Crippen LogP contribution in [0.3, 0.4) is 0 Å². The van der Waals surface area contributed by atoms with Gasteiger partial charge in [0.1, 0.15) is 0 Å². The maximum Gasteiger partial charge on any atom is 0.252 e. The van der Waals surface area contributed by atoms with E-state index in [4.69, 9.17) is 4.74 Å². The molecule has 3 rings (SSSR count). The van der Waals surface area contributed by atoms with Crippen molar-refractivity contribution in [2.75, 3.05) is 38.3 Å². The van der Waals surface area contributed by atoms with Crippen LogP contribution in [-0.4, -0.2) is 54.8 Å². The molecular weight excluding hydrogens is 288 g/mol. The van der Waals surface area contributed by atoms with Crippen LogP contribution < -0.4 is 4.90 Å². The molecule has 1 aromatic rings. The molecule has 2 aliphatic rings. The van der Waals surface area contributed by atoms with Gasteiger partial charge in [-0.1, -0.05) is 23.9 Å². The zero-order chi connectivity index (χ0) is 15.0. The molecule has 1 aromatic carbocycles. The molecular formula is C15H18N2O3S. The number of nitrogens with zero attached hydrogens (tertiary/aromatic N) is 2. The number of hydrogen-bond donors (Lipinski definition) is 0. The Bertz CT molecular complexity index is 586. The first-order valence-electron chi connectivity index (χ1n) is 6.97. The van der Waals surface area contributed by atoms with E-state index in [0.717, 1.165) is 10.6 Å². The number of morpholine rings is 1. The van der Waals surface area contributed by atoms with E-state index in [1.165, 1.54) is 11.8 Å². The molecule has 0 saturated carbocycles. The maximum atomic E-state index is 12.8. The summed E-state index contributed by atoms with van der Waals surface area (Å²) in [5.41, 5.74) is 0.861. The molecule has 21 heavy (non-hydrogen) atoms. The molecule has 0 aromatic heterocycles. The smallest absolute Gasteiger partial charge is 0.252 e. The van der Waals surface area contributed by atoms with E-state index >= 15 is 0 Å². The molecule has 2 heterocycles.